The molecule has 5 nitrogen and oxygen atoms in total. The van der Waals surface area contributed by atoms with E-state index < -0.39 is 9.39 Å². The lowest BCUT2D eigenvalue weighted by atomic mass is 10.0. The van der Waals surface area contributed by atoms with Crippen molar-refractivity contribution in [1.82, 2.24) is 20.5 Å². The smallest absolute Gasteiger partial charge is 0.146 e. The Morgan fingerprint density at radius 2 is 1.79 bits per heavy atom. The Hall–Kier alpha value is -2.87. The van der Waals surface area contributed by atoms with Gasteiger partial charge in [-0.05, 0) is 37.1 Å². The third-order valence-electron chi connectivity index (χ3n) is 5.34. The summed E-state index contributed by atoms with van der Waals surface area (Å²) in [5, 5.41) is 5.53. The molecule has 0 spiro atoms. The number of rotatable bonds is 6. The lowest BCUT2D eigenvalue weighted by molar-refractivity contribution is 0.412. The van der Waals surface area contributed by atoms with E-state index in [-0.39, 0.29) is 5.82 Å². The minimum Gasteiger partial charge on any atom is -0.340 e. The zero-order valence-electron chi connectivity index (χ0n) is 19.9. The number of hydrogen-bond acceptors (Lipinski definition) is 4. The second-order valence-corrected chi connectivity index (χ2v) is 10.2. The summed E-state index contributed by atoms with van der Waals surface area (Å²) in [7, 11) is -1.94. The molecular weight excluding hydrogens is 433 g/mol. The summed E-state index contributed by atoms with van der Waals surface area (Å²) in [5.41, 5.74) is 7.97. The molecule has 0 aromatic heterocycles. The fourth-order valence-corrected chi connectivity index (χ4v) is 5.07. The standard InChI is InChI=1S/C24H28FN5S.C2H6/c1-17-9-5-6-10-19(17)21-15-23(30-24(29-21)18(2)16-27-30)26-13-14-28-31(3,4)22-12-8-7-11-20(22)25;1-2/h5-12,15,27-29H,3-4,13-14,16H2,1-2H3;1-2H3. The molecule has 33 heavy (non-hydrogen) atoms. The molecule has 0 aliphatic carbocycles. The van der Waals surface area contributed by atoms with Crippen LogP contribution in [0, 0.1) is 12.7 Å². The Morgan fingerprint density at radius 3 is 2.52 bits per heavy atom. The lowest BCUT2D eigenvalue weighted by Crippen LogP contribution is -2.44. The summed E-state index contributed by atoms with van der Waals surface area (Å²) < 4.78 is 17.4. The third kappa shape index (κ3) is 5.55. The van der Waals surface area contributed by atoms with Gasteiger partial charge in [0.15, 0.2) is 0 Å². The number of fused-ring (bicyclic) bond motifs is 1. The van der Waals surface area contributed by atoms with E-state index in [4.69, 9.17) is 4.99 Å². The molecule has 0 saturated carbocycles. The van der Waals surface area contributed by atoms with Gasteiger partial charge in [-0.3, -0.25) is 9.71 Å². The summed E-state index contributed by atoms with van der Waals surface area (Å²) in [4.78, 5) is 5.34. The molecule has 7 heteroatoms. The van der Waals surface area contributed by atoms with E-state index in [0.717, 1.165) is 29.5 Å². The zero-order valence-corrected chi connectivity index (χ0v) is 20.7. The Bertz CT molecular complexity index is 1190. The van der Waals surface area contributed by atoms with Crippen LogP contribution in [0.25, 0.3) is 5.70 Å². The molecule has 2 aromatic rings. The summed E-state index contributed by atoms with van der Waals surface area (Å²) >= 11 is 0. The quantitative estimate of drug-likeness (QED) is 0.423. The van der Waals surface area contributed by atoms with E-state index in [1.807, 2.05) is 31.0 Å². The maximum Gasteiger partial charge on any atom is 0.146 e. The molecule has 176 valence electrons. The van der Waals surface area contributed by atoms with Crippen molar-refractivity contribution in [3.05, 3.63) is 82.9 Å². The summed E-state index contributed by atoms with van der Waals surface area (Å²) in [5.74, 6) is 9.84. The van der Waals surface area contributed by atoms with E-state index >= 15 is 0 Å². The van der Waals surface area contributed by atoms with Crippen molar-refractivity contribution >= 4 is 32.7 Å². The fourth-order valence-electron chi connectivity index (χ4n) is 3.65. The topological polar surface area (TPSA) is 51.7 Å². The highest BCUT2D eigenvalue weighted by atomic mass is 32.2. The highest BCUT2D eigenvalue weighted by molar-refractivity contribution is 8.26. The van der Waals surface area contributed by atoms with Crippen LogP contribution in [0.15, 0.2) is 75.9 Å². The van der Waals surface area contributed by atoms with Crippen molar-refractivity contribution in [3.8, 4) is 0 Å². The summed E-state index contributed by atoms with van der Waals surface area (Å²) in [6.45, 7) is 10.0. The number of amidine groups is 1. The number of hydrazine groups is 1. The maximum absolute atomic E-state index is 14.1. The highest BCUT2D eigenvalue weighted by Gasteiger charge is 2.28. The van der Waals surface area contributed by atoms with E-state index in [0.29, 0.717) is 18.0 Å². The van der Waals surface area contributed by atoms with Gasteiger partial charge in [0.2, 0.25) is 0 Å². The highest BCUT2D eigenvalue weighted by Crippen LogP contribution is 2.30. The van der Waals surface area contributed by atoms with Gasteiger partial charge >= 0.3 is 0 Å². The molecule has 2 aliphatic rings. The van der Waals surface area contributed by atoms with Gasteiger partial charge in [0.05, 0.1) is 12.2 Å². The number of aliphatic imine (C=N–C) groups is 1. The second kappa shape index (κ2) is 10.8. The van der Waals surface area contributed by atoms with E-state index in [1.54, 1.807) is 18.2 Å². The van der Waals surface area contributed by atoms with Crippen molar-refractivity contribution in [2.45, 2.75) is 32.6 Å². The molecule has 0 amide bonds. The molecule has 4 rings (SSSR count). The predicted molar refractivity (Wildman–Crippen MR) is 143 cm³/mol. The average molecular weight is 468 g/mol. The molecule has 2 aromatic carbocycles. The SMILES string of the molecule is C=S(=C)(NCCN=C1C=C(c2ccccc2C)NC2=C(C)CNN12)c1ccccc1F.CC. The maximum atomic E-state index is 14.1. The van der Waals surface area contributed by atoms with Crippen LogP contribution in [0.2, 0.25) is 0 Å². The Kier molecular flexibility index (Phi) is 8.13. The van der Waals surface area contributed by atoms with Crippen LogP contribution in [0.1, 0.15) is 31.9 Å². The predicted octanol–water partition coefficient (Wildman–Crippen LogP) is 4.79. The van der Waals surface area contributed by atoms with E-state index in [1.165, 1.54) is 17.2 Å². The van der Waals surface area contributed by atoms with E-state index in [2.05, 4.69) is 59.3 Å². The van der Waals surface area contributed by atoms with Gasteiger partial charge in [-0.15, -0.1) is 9.39 Å². The summed E-state index contributed by atoms with van der Waals surface area (Å²) in [6.07, 6.45) is 2.06. The van der Waals surface area contributed by atoms with Gasteiger partial charge in [0.1, 0.15) is 17.5 Å². The monoisotopic (exact) mass is 467 g/mol. The van der Waals surface area contributed by atoms with Crippen molar-refractivity contribution < 1.29 is 4.39 Å². The van der Waals surface area contributed by atoms with Crippen LogP contribution in [0.3, 0.4) is 0 Å². The van der Waals surface area contributed by atoms with Gasteiger partial charge in [0.25, 0.3) is 0 Å². The Morgan fingerprint density at radius 1 is 1.09 bits per heavy atom. The van der Waals surface area contributed by atoms with Crippen molar-refractivity contribution in [2.24, 2.45) is 4.99 Å². The van der Waals surface area contributed by atoms with Crippen LogP contribution in [0.4, 0.5) is 4.39 Å². The molecule has 0 saturated heterocycles. The molecule has 2 aliphatic heterocycles. The first-order valence-electron chi connectivity index (χ1n) is 11.2. The molecule has 2 heterocycles. The third-order valence-corrected chi connectivity index (χ3v) is 7.27. The number of nitrogens with zero attached hydrogens (tertiary/aromatic N) is 2. The zero-order chi connectivity index (χ0) is 24.0. The van der Waals surface area contributed by atoms with Crippen LogP contribution < -0.4 is 15.5 Å². The van der Waals surface area contributed by atoms with E-state index in [9.17, 15) is 4.39 Å². The second-order valence-electron chi connectivity index (χ2n) is 7.75. The fraction of sp³-hybridized carbons (Fsp3) is 0.269. The van der Waals surface area contributed by atoms with Crippen LogP contribution in [-0.4, -0.2) is 42.2 Å². The number of nitrogens with one attached hydrogen (secondary N) is 3. The first-order chi connectivity index (χ1) is 15.9. The van der Waals surface area contributed by atoms with Gasteiger partial charge in [-0.2, -0.15) is 0 Å². The number of halogens is 1. The number of benzene rings is 2. The molecule has 0 atom stereocenters. The van der Waals surface area contributed by atoms with Crippen LogP contribution in [-0.2, 0) is 0 Å². The van der Waals surface area contributed by atoms with Gasteiger partial charge < -0.3 is 5.32 Å². The van der Waals surface area contributed by atoms with Crippen molar-refractivity contribution in [2.75, 3.05) is 19.6 Å². The van der Waals surface area contributed by atoms with Gasteiger partial charge in [-0.1, -0.05) is 62.0 Å². The first kappa shape index (κ1) is 24.8. The normalized spacial score (nSPS) is 16.7. The Balaban J connectivity index is 0.00000149. The first-order valence-corrected chi connectivity index (χ1v) is 13.1. The molecule has 0 fully saturated rings. The number of hydrogen-bond donors (Lipinski definition) is 3. The van der Waals surface area contributed by atoms with Crippen molar-refractivity contribution in [3.63, 3.8) is 0 Å². The van der Waals surface area contributed by atoms with Crippen molar-refractivity contribution in [1.29, 1.82) is 0 Å². The lowest BCUT2D eigenvalue weighted by Gasteiger charge is -2.30. The molecule has 0 radical (unpaired) electrons. The Labute approximate surface area is 197 Å². The molecule has 0 bridgehead atoms. The van der Waals surface area contributed by atoms with Gasteiger partial charge in [-0.25, -0.2) is 14.8 Å². The molecule has 3 N–H and O–H groups in total. The average Bonchev–Trinajstić information content (AvgIpc) is 3.19. The molecule has 0 unspecified atom stereocenters. The van der Waals surface area contributed by atoms with Crippen LogP contribution >= 0.6 is 9.39 Å². The molecular formula is C26H34FN5S. The largest absolute Gasteiger partial charge is 0.340 e. The number of aryl methyl sites for hydroxylation is 1. The summed E-state index contributed by atoms with van der Waals surface area (Å²) in [6, 6.07) is 15.0. The van der Waals surface area contributed by atoms with Crippen LogP contribution in [0.5, 0.6) is 0 Å². The minimum atomic E-state index is -1.94. The van der Waals surface area contributed by atoms with Gasteiger partial charge in [0, 0.05) is 29.6 Å². The minimum absolute atomic E-state index is 0.281.